The van der Waals surface area contributed by atoms with Gasteiger partial charge in [0.1, 0.15) is 0 Å². The molecular formula is C12H26N2O3. The minimum atomic E-state index is -0.939. The highest BCUT2D eigenvalue weighted by Crippen LogP contribution is 2.08. The summed E-state index contributed by atoms with van der Waals surface area (Å²) in [6.45, 7) is 9.32. The summed E-state index contributed by atoms with van der Waals surface area (Å²) in [7, 11) is 0. The third-order valence-corrected chi connectivity index (χ3v) is 2.31. The van der Waals surface area contributed by atoms with Crippen molar-refractivity contribution in [2.75, 3.05) is 19.8 Å². The lowest BCUT2D eigenvalue weighted by atomic mass is 9.97. The van der Waals surface area contributed by atoms with Crippen LogP contribution in [0.3, 0.4) is 0 Å². The number of rotatable bonds is 8. The molecule has 0 fully saturated rings. The van der Waals surface area contributed by atoms with Crippen LogP contribution < -0.4 is 11.5 Å². The summed E-state index contributed by atoms with van der Waals surface area (Å²) in [5.41, 5.74) is 9.79. The van der Waals surface area contributed by atoms with Crippen molar-refractivity contribution in [1.82, 2.24) is 0 Å². The van der Waals surface area contributed by atoms with E-state index in [9.17, 15) is 4.79 Å². The summed E-state index contributed by atoms with van der Waals surface area (Å²) in [6, 6.07) is 0. The van der Waals surface area contributed by atoms with Crippen LogP contribution in [-0.2, 0) is 14.3 Å². The fourth-order valence-corrected chi connectivity index (χ4v) is 1.17. The highest BCUT2D eigenvalue weighted by Gasteiger charge is 2.24. The Morgan fingerprint density at radius 2 is 1.71 bits per heavy atom. The van der Waals surface area contributed by atoms with Gasteiger partial charge in [0, 0.05) is 6.61 Å². The summed E-state index contributed by atoms with van der Waals surface area (Å²) in [4.78, 5) is 10.9. The molecule has 1 atom stereocenters. The van der Waals surface area contributed by atoms with E-state index < -0.39 is 11.4 Å². The number of amides is 1. The number of carbonyl (C=O) groups excluding carboxylic acids is 1. The second-order valence-corrected chi connectivity index (χ2v) is 5.46. The predicted octanol–water partition coefficient (Wildman–Crippen LogP) is 0.801. The van der Waals surface area contributed by atoms with Crippen LogP contribution >= 0.6 is 0 Å². The largest absolute Gasteiger partial charge is 0.379 e. The van der Waals surface area contributed by atoms with Crippen molar-refractivity contribution in [3.05, 3.63) is 0 Å². The van der Waals surface area contributed by atoms with E-state index in [1.165, 1.54) is 0 Å². The third kappa shape index (κ3) is 9.09. The Labute approximate surface area is 104 Å². The Morgan fingerprint density at radius 1 is 1.12 bits per heavy atom. The molecule has 0 bridgehead atoms. The fraction of sp³-hybridized carbons (Fsp3) is 0.917. The van der Waals surface area contributed by atoms with Gasteiger partial charge < -0.3 is 20.9 Å². The third-order valence-electron chi connectivity index (χ3n) is 2.31. The second-order valence-electron chi connectivity index (χ2n) is 5.46. The Kier molecular flexibility index (Phi) is 6.67. The van der Waals surface area contributed by atoms with E-state index in [0.29, 0.717) is 32.7 Å². The van der Waals surface area contributed by atoms with E-state index >= 15 is 0 Å². The quantitative estimate of drug-likeness (QED) is 0.620. The van der Waals surface area contributed by atoms with Crippen LogP contribution in [0.15, 0.2) is 0 Å². The number of primary amides is 1. The highest BCUT2D eigenvalue weighted by atomic mass is 16.5. The lowest BCUT2D eigenvalue weighted by molar-refractivity contribution is -0.122. The molecule has 0 aromatic carbocycles. The van der Waals surface area contributed by atoms with Crippen LogP contribution in [0.1, 0.15) is 40.5 Å². The zero-order chi connectivity index (χ0) is 13.5. The monoisotopic (exact) mass is 246 g/mol. The first-order valence-electron chi connectivity index (χ1n) is 5.96. The normalized spacial score (nSPS) is 15.6. The van der Waals surface area contributed by atoms with Crippen molar-refractivity contribution in [3.8, 4) is 0 Å². The summed E-state index contributed by atoms with van der Waals surface area (Å²) in [6.07, 6.45) is 1.24. The molecule has 0 aromatic heterocycles. The van der Waals surface area contributed by atoms with Crippen LogP contribution in [0.2, 0.25) is 0 Å². The van der Waals surface area contributed by atoms with Crippen LogP contribution in [0.25, 0.3) is 0 Å². The molecule has 0 radical (unpaired) electrons. The van der Waals surface area contributed by atoms with Gasteiger partial charge in [0.2, 0.25) is 5.91 Å². The first kappa shape index (κ1) is 16.4. The molecule has 5 heteroatoms. The van der Waals surface area contributed by atoms with Crippen LogP contribution in [0.4, 0.5) is 0 Å². The molecular weight excluding hydrogens is 220 g/mol. The van der Waals surface area contributed by atoms with Gasteiger partial charge in [-0.3, -0.25) is 4.79 Å². The van der Waals surface area contributed by atoms with Crippen molar-refractivity contribution in [3.63, 3.8) is 0 Å². The standard InChI is InChI=1S/C12H26N2O3/c1-11(2,3)17-9-8-16-7-5-6-12(4,14)10(13)15/h5-9,14H2,1-4H3,(H2,13,15). The van der Waals surface area contributed by atoms with Gasteiger partial charge >= 0.3 is 0 Å². The van der Waals surface area contributed by atoms with Crippen molar-refractivity contribution in [1.29, 1.82) is 0 Å². The Morgan fingerprint density at radius 3 is 2.18 bits per heavy atom. The Hall–Kier alpha value is -0.650. The van der Waals surface area contributed by atoms with Crippen molar-refractivity contribution in [2.45, 2.75) is 51.7 Å². The number of nitrogens with two attached hydrogens (primary N) is 2. The van der Waals surface area contributed by atoms with E-state index in [1.54, 1.807) is 6.92 Å². The van der Waals surface area contributed by atoms with Crippen molar-refractivity contribution >= 4 is 5.91 Å². The highest BCUT2D eigenvalue weighted by molar-refractivity contribution is 5.83. The van der Waals surface area contributed by atoms with Gasteiger partial charge in [0.15, 0.2) is 0 Å². The van der Waals surface area contributed by atoms with Crippen molar-refractivity contribution < 1.29 is 14.3 Å². The molecule has 1 unspecified atom stereocenters. The first-order valence-corrected chi connectivity index (χ1v) is 5.96. The molecule has 0 aromatic rings. The fourth-order valence-electron chi connectivity index (χ4n) is 1.17. The molecule has 102 valence electrons. The maximum atomic E-state index is 10.9. The molecule has 17 heavy (non-hydrogen) atoms. The summed E-state index contributed by atoms with van der Waals surface area (Å²) < 4.78 is 10.9. The van der Waals surface area contributed by atoms with Gasteiger partial charge in [-0.1, -0.05) is 0 Å². The molecule has 0 aliphatic carbocycles. The van der Waals surface area contributed by atoms with E-state index in [-0.39, 0.29) is 5.60 Å². The van der Waals surface area contributed by atoms with Crippen LogP contribution in [0.5, 0.6) is 0 Å². The minimum Gasteiger partial charge on any atom is -0.379 e. The SMILES string of the molecule is CC(C)(C)OCCOCCCC(C)(N)C(N)=O. The second kappa shape index (κ2) is 6.93. The molecule has 0 rings (SSSR count). The summed E-state index contributed by atoms with van der Waals surface area (Å²) >= 11 is 0. The zero-order valence-electron chi connectivity index (χ0n) is 11.4. The van der Waals surface area contributed by atoms with Gasteiger partial charge in [-0.25, -0.2) is 0 Å². The zero-order valence-corrected chi connectivity index (χ0v) is 11.4. The van der Waals surface area contributed by atoms with Gasteiger partial charge in [-0.15, -0.1) is 0 Å². The minimum absolute atomic E-state index is 0.134. The molecule has 0 saturated heterocycles. The molecule has 4 N–H and O–H groups in total. The smallest absolute Gasteiger partial charge is 0.237 e. The molecule has 0 aliphatic rings. The first-order chi connectivity index (χ1) is 7.65. The lowest BCUT2D eigenvalue weighted by Gasteiger charge is -2.21. The molecule has 0 spiro atoms. The Bertz CT molecular complexity index is 234. The topological polar surface area (TPSA) is 87.6 Å². The Balaban J connectivity index is 3.45. The van der Waals surface area contributed by atoms with E-state index in [2.05, 4.69) is 0 Å². The summed E-state index contributed by atoms with van der Waals surface area (Å²) in [5, 5.41) is 0. The number of ether oxygens (including phenoxy) is 2. The lowest BCUT2D eigenvalue weighted by Crippen LogP contribution is -2.49. The van der Waals surface area contributed by atoms with Crippen molar-refractivity contribution in [2.24, 2.45) is 11.5 Å². The van der Waals surface area contributed by atoms with Crippen LogP contribution in [-0.4, -0.2) is 36.9 Å². The maximum absolute atomic E-state index is 10.9. The number of hydrogen-bond acceptors (Lipinski definition) is 4. The molecule has 0 saturated carbocycles. The molecule has 5 nitrogen and oxygen atoms in total. The van der Waals surface area contributed by atoms with Gasteiger partial charge in [-0.05, 0) is 40.5 Å². The maximum Gasteiger partial charge on any atom is 0.237 e. The van der Waals surface area contributed by atoms with E-state index in [0.717, 1.165) is 0 Å². The van der Waals surface area contributed by atoms with Gasteiger partial charge in [-0.2, -0.15) is 0 Å². The van der Waals surface area contributed by atoms with E-state index in [4.69, 9.17) is 20.9 Å². The van der Waals surface area contributed by atoms with Crippen LogP contribution in [0, 0.1) is 0 Å². The molecule has 0 heterocycles. The van der Waals surface area contributed by atoms with E-state index in [1.807, 2.05) is 20.8 Å². The average Bonchev–Trinajstić information content (AvgIpc) is 2.14. The molecule has 0 aliphatic heterocycles. The predicted molar refractivity (Wildman–Crippen MR) is 67.5 cm³/mol. The number of carbonyl (C=O) groups is 1. The van der Waals surface area contributed by atoms with Gasteiger partial charge in [0.25, 0.3) is 0 Å². The summed E-state index contributed by atoms with van der Waals surface area (Å²) in [5.74, 6) is -0.478. The average molecular weight is 246 g/mol. The molecule has 1 amide bonds. The van der Waals surface area contributed by atoms with Gasteiger partial charge in [0.05, 0.1) is 24.4 Å². The number of hydrogen-bond donors (Lipinski definition) is 2.